The van der Waals surface area contributed by atoms with Gasteiger partial charge < -0.3 is 97.6 Å². The number of carboxylic acids is 1. The number of hydrogen-bond acceptors (Lipinski definition) is 18. The first-order valence-electron chi connectivity index (χ1n) is 35.6. The van der Waals surface area contributed by atoms with Crippen molar-refractivity contribution in [1.82, 2.24) is 63.8 Å². The van der Waals surface area contributed by atoms with Crippen molar-refractivity contribution in [3.63, 3.8) is 0 Å². The minimum Gasteiger partial charge on any atom is -0.480 e. The molecule has 0 aliphatic rings. The summed E-state index contributed by atoms with van der Waals surface area (Å²) in [4.78, 5) is 178. The maximum Gasteiger partial charge on any atom is 0.326 e. The van der Waals surface area contributed by atoms with Crippen LogP contribution in [-0.4, -0.2) is 187 Å². The van der Waals surface area contributed by atoms with Crippen molar-refractivity contribution in [2.75, 3.05) is 26.2 Å². The van der Waals surface area contributed by atoms with Gasteiger partial charge in [0.25, 0.3) is 0 Å². The summed E-state index contributed by atoms with van der Waals surface area (Å²) in [5.74, 6) is -10.6. The Labute approximate surface area is 591 Å². The van der Waals surface area contributed by atoms with Crippen LogP contribution in [0.3, 0.4) is 0 Å². The highest BCUT2D eigenvalue weighted by molar-refractivity contribution is 5.99. The lowest BCUT2D eigenvalue weighted by Crippen LogP contribution is -2.60. The van der Waals surface area contributed by atoms with E-state index in [2.05, 4.69) is 63.8 Å². The van der Waals surface area contributed by atoms with Crippen LogP contribution in [0.25, 0.3) is 0 Å². The number of benzene rings is 1. The summed E-state index contributed by atoms with van der Waals surface area (Å²) in [5, 5.41) is 41.6. The highest BCUT2D eigenvalue weighted by atomic mass is 16.4. The molecule has 0 aliphatic carbocycles. The molecule has 12 amide bonds. The predicted molar refractivity (Wildman–Crippen MR) is 381 cm³/mol. The number of hydrogen-bond donors (Lipinski definition) is 18. The van der Waals surface area contributed by atoms with Crippen molar-refractivity contribution in [1.29, 1.82) is 0 Å². The van der Waals surface area contributed by atoms with Gasteiger partial charge in [0.15, 0.2) is 0 Å². The van der Waals surface area contributed by atoms with Crippen LogP contribution in [0.1, 0.15) is 191 Å². The number of rotatable bonds is 51. The number of amides is 12. The average Bonchev–Trinajstić information content (AvgIpc) is 0.870. The third kappa shape index (κ3) is 36.5. The van der Waals surface area contributed by atoms with Gasteiger partial charge in [-0.15, -0.1) is 0 Å². The molecule has 0 saturated heterocycles. The molecule has 0 bridgehead atoms. The number of carbonyl (C=O) groups excluding carboxylic acids is 12. The van der Waals surface area contributed by atoms with Crippen LogP contribution < -0.4 is 92.5 Å². The zero-order valence-electron chi connectivity index (χ0n) is 61.2. The summed E-state index contributed by atoms with van der Waals surface area (Å²) in [6.07, 6.45) is 4.49. The Morgan fingerprint density at radius 3 is 0.790 bits per heavy atom. The van der Waals surface area contributed by atoms with Crippen LogP contribution in [0.5, 0.6) is 0 Å². The summed E-state index contributed by atoms with van der Waals surface area (Å²) in [6.45, 7) is 21.2. The molecule has 0 fully saturated rings. The molecule has 31 nitrogen and oxygen atoms in total. The molecule has 100 heavy (non-hydrogen) atoms. The fraction of sp³-hybridized carbons (Fsp3) is 0.725. The zero-order chi connectivity index (χ0) is 75.8. The number of carbonyl (C=O) groups is 13. The van der Waals surface area contributed by atoms with Crippen molar-refractivity contribution in [3.05, 3.63) is 35.9 Å². The van der Waals surface area contributed by atoms with Gasteiger partial charge >= 0.3 is 5.97 Å². The Morgan fingerprint density at radius 1 is 0.300 bits per heavy atom. The lowest BCUT2D eigenvalue weighted by molar-refractivity contribution is -0.142. The van der Waals surface area contributed by atoms with Gasteiger partial charge in [-0.05, 0) is 192 Å². The van der Waals surface area contributed by atoms with E-state index in [9.17, 15) is 67.4 Å². The molecule has 23 N–H and O–H groups in total. The number of carboxylic acid groups (broad SMARTS) is 1. The molecule has 0 saturated carbocycles. The van der Waals surface area contributed by atoms with E-state index in [1.165, 1.54) is 27.7 Å². The van der Waals surface area contributed by atoms with E-state index in [0.717, 1.165) is 5.56 Å². The number of nitrogens with two attached hydrogens (primary N) is 5. The van der Waals surface area contributed by atoms with Gasteiger partial charge in [0, 0.05) is 0 Å². The normalized spacial score (nSPS) is 15.3. The Bertz CT molecular complexity index is 2740. The first kappa shape index (κ1) is 90.1. The highest BCUT2D eigenvalue weighted by Gasteiger charge is 2.36. The van der Waals surface area contributed by atoms with Crippen molar-refractivity contribution in [3.8, 4) is 0 Å². The summed E-state index contributed by atoms with van der Waals surface area (Å²) < 4.78 is 0. The fourth-order valence-corrected chi connectivity index (χ4v) is 10.6. The van der Waals surface area contributed by atoms with Gasteiger partial charge in [-0.3, -0.25) is 57.5 Å². The van der Waals surface area contributed by atoms with Crippen molar-refractivity contribution in [2.45, 2.75) is 271 Å². The van der Waals surface area contributed by atoms with Crippen LogP contribution in [-0.2, 0) is 68.7 Å². The van der Waals surface area contributed by atoms with E-state index < -0.39 is 155 Å². The van der Waals surface area contributed by atoms with Crippen LogP contribution in [0, 0.1) is 23.7 Å². The second-order valence-electron chi connectivity index (χ2n) is 27.7. The average molecular weight is 1410 g/mol. The Morgan fingerprint density at radius 2 is 0.520 bits per heavy atom. The summed E-state index contributed by atoms with van der Waals surface area (Å²) in [6, 6.07) is -6.52. The van der Waals surface area contributed by atoms with Crippen molar-refractivity contribution in [2.24, 2.45) is 52.3 Å². The minimum absolute atomic E-state index is 0.0550. The fourth-order valence-electron chi connectivity index (χ4n) is 10.6. The maximum absolute atomic E-state index is 14.3. The Kier molecular flexibility index (Phi) is 44.0. The van der Waals surface area contributed by atoms with E-state index in [1.807, 2.05) is 58.0 Å². The Balaban J connectivity index is 3.35. The summed E-state index contributed by atoms with van der Waals surface area (Å²) in [7, 11) is 0. The largest absolute Gasteiger partial charge is 0.480 e. The van der Waals surface area contributed by atoms with E-state index in [1.54, 1.807) is 27.7 Å². The molecule has 0 aromatic heterocycles. The van der Waals surface area contributed by atoms with Crippen LogP contribution >= 0.6 is 0 Å². The summed E-state index contributed by atoms with van der Waals surface area (Å²) in [5.41, 5.74) is 30.1. The predicted octanol–water partition coefficient (Wildman–Crippen LogP) is -0.761. The molecule has 1 rings (SSSR count). The van der Waals surface area contributed by atoms with Gasteiger partial charge in [-0.2, -0.15) is 0 Å². The molecule has 0 radical (unpaired) electrons. The molecule has 0 spiro atoms. The van der Waals surface area contributed by atoms with Crippen LogP contribution in [0.15, 0.2) is 30.3 Å². The van der Waals surface area contributed by atoms with Gasteiger partial charge in [0.2, 0.25) is 70.9 Å². The number of unbranched alkanes of at least 4 members (excludes halogenated alkanes) is 4. The number of nitrogens with one attached hydrogen (secondary N) is 12. The highest BCUT2D eigenvalue weighted by Crippen LogP contribution is 2.15. The van der Waals surface area contributed by atoms with E-state index in [-0.39, 0.29) is 101 Å². The molecule has 0 unspecified atom stereocenters. The molecule has 0 aliphatic heterocycles. The molecule has 13 atom stereocenters. The minimum atomic E-state index is -1.30. The maximum atomic E-state index is 14.3. The first-order chi connectivity index (χ1) is 47.1. The van der Waals surface area contributed by atoms with Crippen molar-refractivity contribution >= 4 is 76.9 Å². The zero-order valence-corrected chi connectivity index (χ0v) is 61.2. The molecule has 0 heterocycles. The molecular formula is C69H123N17O14. The van der Waals surface area contributed by atoms with E-state index in [0.29, 0.717) is 57.9 Å². The standard InChI is InChI=1S/C69H123N17O14/c1-39(2)34-53(66(96)77-44(10)58(88)79-50(27-17-21-31-71)63(93)82-49(26-16-20-30-70)62(92)76-46(12)60(90)86-56(69(99)100)37-42(7)8)83-64(94)51(28-18-22-32-72)81-59(89)45(11)78-67(97)54(35-40(3)4)85-68(98)55(36-41(5)6)84-65(95)52(29-19-23-33-73)80-57(87)43(9)75-61(91)48(74)38-47-24-14-13-15-25-47/h13-15,24-25,39-46,48-56H,16-23,26-38,70-74H2,1-12H3,(H,75,91)(H,76,92)(H,77,96)(H,78,97)(H,79,88)(H,80,87)(H,81,89)(H,82,93)(H,83,94)(H,84,95)(H,85,98)(H,86,90)(H,99,100)/t43-,44-,45-,46-,48-,49-,50-,51-,52-,53-,54-,55-,56-/m0/s1. The quantitative estimate of drug-likeness (QED) is 0.0357. The smallest absolute Gasteiger partial charge is 0.326 e. The lowest BCUT2D eigenvalue weighted by Gasteiger charge is -2.28. The van der Waals surface area contributed by atoms with Crippen LogP contribution in [0.2, 0.25) is 0 Å². The molecule has 1 aromatic carbocycles. The molecular weight excluding hydrogens is 1290 g/mol. The van der Waals surface area contributed by atoms with E-state index in [4.69, 9.17) is 28.7 Å². The van der Waals surface area contributed by atoms with Gasteiger partial charge in [-0.1, -0.05) is 85.7 Å². The topological polar surface area (TPSA) is 517 Å². The first-order valence-corrected chi connectivity index (χ1v) is 35.6. The lowest BCUT2D eigenvalue weighted by atomic mass is 9.99. The monoisotopic (exact) mass is 1410 g/mol. The van der Waals surface area contributed by atoms with E-state index >= 15 is 0 Å². The Hall–Kier alpha value is -7.87. The van der Waals surface area contributed by atoms with Gasteiger partial charge in [0.1, 0.15) is 72.5 Å². The molecule has 568 valence electrons. The third-order valence-electron chi connectivity index (χ3n) is 16.3. The van der Waals surface area contributed by atoms with Crippen molar-refractivity contribution < 1.29 is 67.4 Å². The summed E-state index contributed by atoms with van der Waals surface area (Å²) >= 11 is 0. The second-order valence-corrected chi connectivity index (χ2v) is 27.7. The van der Waals surface area contributed by atoms with Gasteiger partial charge in [0.05, 0.1) is 6.04 Å². The molecule has 1 aromatic rings. The molecule has 31 heteroatoms. The van der Waals surface area contributed by atoms with Crippen LogP contribution in [0.4, 0.5) is 0 Å². The second kappa shape index (κ2) is 48.8. The van der Waals surface area contributed by atoms with Gasteiger partial charge in [-0.25, -0.2) is 4.79 Å². The number of aliphatic carboxylic acids is 1. The third-order valence-corrected chi connectivity index (χ3v) is 16.3. The SMILES string of the molecule is CC(C)C[C@H](NC(=O)[C@H](C)NC(=O)[C@H](CCCCN)NC(=O)[C@H](CCCCN)NC(=O)[C@H](C)NC(=O)[C@H](CC(C)C)NC(=O)[C@H](CCCCN)NC(=O)[C@H](C)NC(=O)[C@H](CC(C)C)NC(=O)[C@H](CC(C)C)NC(=O)[C@H](CCCCN)NC(=O)[C@H](C)NC(=O)[C@@H](N)Cc1ccccc1)C(=O)O.